The van der Waals surface area contributed by atoms with Crippen molar-refractivity contribution in [2.75, 3.05) is 18.6 Å². The fraction of sp³-hybridized carbons (Fsp3) is 0.235. The number of nitrogens with two attached hydrogens (primary N) is 1. The number of rotatable bonds is 7. The quantitative estimate of drug-likeness (QED) is 0.278. The number of anilines is 1. The zero-order valence-corrected chi connectivity index (χ0v) is 18.7. The number of β-lactam (4-membered cyclic amide) rings is 1. The van der Waals surface area contributed by atoms with Crippen molar-refractivity contribution in [3.8, 4) is 0 Å². The Morgan fingerprint density at radius 3 is 2.84 bits per heavy atom. The van der Waals surface area contributed by atoms with Crippen molar-refractivity contribution in [2.24, 2.45) is 5.16 Å². The van der Waals surface area contributed by atoms with Gasteiger partial charge in [0.25, 0.3) is 11.8 Å². The molecule has 15 heteroatoms. The number of amides is 2. The van der Waals surface area contributed by atoms with Crippen LogP contribution < -0.4 is 11.1 Å². The zero-order valence-electron chi connectivity index (χ0n) is 16.3. The van der Waals surface area contributed by atoms with Gasteiger partial charge >= 0.3 is 5.97 Å². The molecule has 2 aliphatic rings. The smallest absolute Gasteiger partial charge is 0.352 e. The van der Waals surface area contributed by atoms with Crippen molar-refractivity contribution in [3.63, 3.8) is 0 Å². The zero-order chi connectivity index (χ0) is 22.8. The maximum atomic E-state index is 12.8. The van der Waals surface area contributed by atoms with Crippen LogP contribution >= 0.6 is 34.6 Å². The van der Waals surface area contributed by atoms with E-state index >= 15 is 0 Å². The first-order chi connectivity index (χ1) is 15.4. The molecule has 12 nitrogen and oxygen atoms in total. The fourth-order valence-electron chi connectivity index (χ4n) is 3.10. The normalized spacial score (nSPS) is 20.8. The van der Waals surface area contributed by atoms with Crippen LogP contribution in [-0.2, 0) is 19.2 Å². The minimum atomic E-state index is -1.23. The van der Waals surface area contributed by atoms with Crippen molar-refractivity contribution in [1.82, 2.24) is 24.8 Å². The molecule has 2 atom stereocenters. The number of carboxylic acid groups (broad SMARTS) is 1. The van der Waals surface area contributed by atoms with Gasteiger partial charge in [-0.25, -0.2) is 9.78 Å². The van der Waals surface area contributed by atoms with Crippen molar-refractivity contribution in [3.05, 3.63) is 39.5 Å². The van der Waals surface area contributed by atoms with Gasteiger partial charge in [-0.3, -0.25) is 14.5 Å². The van der Waals surface area contributed by atoms with E-state index in [1.807, 2.05) is 0 Å². The van der Waals surface area contributed by atoms with Crippen LogP contribution in [0.3, 0.4) is 0 Å². The molecule has 0 spiro atoms. The van der Waals surface area contributed by atoms with E-state index in [1.54, 1.807) is 22.9 Å². The first kappa shape index (κ1) is 21.9. The van der Waals surface area contributed by atoms with Crippen LogP contribution in [0.25, 0.3) is 6.08 Å². The van der Waals surface area contributed by atoms with Crippen LogP contribution in [0.4, 0.5) is 5.13 Å². The minimum Gasteiger partial charge on any atom is -0.477 e. The van der Waals surface area contributed by atoms with Gasteiger partial charge in [-0.05, 0) is 23.2 Å². The molecule has 0 bridgehead atoms. The lowest BCUT2D eigenvalue weighted by Crippen LogP contribution is -2.71. The maximum absolute atomic E-state index is 12.8. The minimum absolute atomic E-state index is 0.123. The van der Waals surface area contributed by atoms with E-state index in [2.05, 4.69) is 25.0 Å². The van der Waals surface area contributed by atoms with Crippen LogP contribution in [-0.4, -0.2) is 72.4 Å². The molecule has 32 heavy (non-hydrogen) atoms. The third kappa shape index (κ3) is 4.09. The molecule has 2 aromatic heterocycles. The lowest BCUT2D eigenvalue weighted by molar-refractivity contribution is -0.150. The molecule has 166 valence electrons. The van der Waals surface area contributed by atoms with Gasteiger partial charge in [0.15, 0.2) is 10.8 Å². The number of oxime groups is 1. The number of carbonyl (C=O) groups excluding carboxylic acids is 2. The van der Waals surface area contributed by atoms with Crippen molar-refractivity contribution >= 4 is 69.3 Å². The van der Waals surface area contributed by atoms with E-state index in [-0.39, 0.29) is 22.2 Å². The van der Waals surface area contributed by atoms with Crippen LogP contribution in [0.2, 0.25) is 0 Å². The molecule has 0 saturated carbocycles. The Hall–Kier alpha value is -3.30. The Bertz CT molecular complexity index is 1160. The first-order valence-electron chi connectivity index (χ1n) is 8.90. The van der Waals surface area contributed by atoms with E-state index in [4.69, 9.17) is 10.6 Å². The second-order valence-electron chi connectivity index (χ2n) is 6.40. The van der Waals surface area contributed by atoms with E-state index in [0.717, 1.165) is 11.3 Å². The SMILES string of the molecule is CO/N=C(\C(=O)NC1C(=O)N2C(C(=O)O)=C(/C=C\c3csnn3)CSC12)c1csc(N)n1. The average molecular weight is 494 g/mol. The highest BCUT2D eigenvalue weighted by Crippen LogP contribution is 2.40. The third-order valence-corrected chi connectivity index (χ3v) is 6.98. The van der Waals surface area contributed by atoms with E-state index in [0.29, 0.717) is 17.0 Å². The van der Waals surface area contributed by atoms with Crippen LogP contribution in [0.15, 0.2) is 33.3 Å². The lowest BCUT2D eigenvalue weighted by Gasteiger charge is -2.49. The standard InChI is InChI=1S/C17H15N7O5S3/c1-29-22-10(9-6-31-17(18)19-9)13(25)20-11-14(26)24-12(16(27)28)7(4-30-15(11)24)2-3-8-5-32-23-21-8/h2-3,5-6,11,15H,4H2,1H3,(H2,18,19)(H,20,25)(H,27,28)/b3-2-,22-10-. The van der Waals surface area contributed by atoms with Crippen molar-refractivity contribution < 1.29 is 24.3 Å². The van der Waals surface area contributed by atoms with Crippen LogP contribution in [0.1, 0.15) is 11.4 Å². The summed E-state index contributed by atoms with van der Waals surface area (Å²) in [5, 5.41) is 22.8. The van der Waals surface area contributed by atoms with Crippen molar-refractivity contribution in [1.29, 1.82) is 0 Å². The number of aliphatic carboxylic acids is 1. The third-order valence-electron chi connectivity index (χ3n) is 4.48. The topological polar surface area (TPSA) is 173 Å². The Kier molecular flexibility index (Phi) is 6.20. The van der Waals surface area contributed by atoms with Gasteiger partial charge in [-0.15, -0.1) is 28.2 Å². The first-order valence-corrected chi connectivity index (χ1v) is 11.7. The van der Waals surface area contributed by atoms with E-state index < -0.39 is 29.2 Å². The Labute approximate surface area is 193 Å². The second kappa shape index (κ2) is 9.05. The molecule has 4 heterocycles. The van der Waals surface area contributed by atoms with Crippen LogP contribution in [0.5, 0.6) is 0 Å². The number of carboxylic acids is 1. The molecule has 0 aromatic carbocycles. The van der Waals surface area contributed by atoms with Gasteiger partial charge in [-0.2, -0.15) is 0 Å². The number of thioether (sulfide) groups is 1. The number of hydrogen-bond donors (Lipinski definition) is 3. The Balaban J connectivity index is 1.53. The Morgan fingerprint density at radius 2 is 2.22 bits per heavy atom. The highest BCUT2D eigenvalue weighted by molar-refractivity contribution is 8.00. The van der Waals surface area contributed by atoms with E-state index in [9.17, 15) is 19.5 Å². The summed E-state index contributed by atoms with van der Waals surface area (Å²) in [6.45, 7) is 0. The molecular formula is C17H15N7O5S3. The molecule has 0 aliphatic carbocycles. The van der Waals surface area contributed by atoms with Gasteiger partial charge in [0.1, 0.15) is 29.9 Å². The van der Waals surface area contributed by atoms with Gasteiger partial charge in [0.2, 0.25) is 0 Å². The summed E-state index contributed by atoms with van der Waals surface area (Å²) < 4.78 is 3.75. The molecule has 2 unspecified atom stereocenters. The van der Waals surface area contributed by atoms with Crippen LogP contribution in [0, 0.1) is 0 Å². The molecule has 1 fully saturated rings. The Morgan fingerprint density at radius 1 is 1.41 bits per heavy atom. The molecule has 1 saturated heterocycles. The molecule has 0 radical (unpaired) electrons. The lowest BCUT2D eigenvalue weighted by atomic mass is 10.0. The summed E-state index contributed by atoms with van der Waals surface area (Å²) in [6, 6.07) is -0.923. The highest BCUT2D eigenvalue weighted by atomic mass is 32.2. The number of nitrogens with zero attached hydrogens (tertiary/aromatic N) is 5. The van der Waals surface area contributed by atoms with Gasteiger partial charge in [-0.1, -0.05) is 15.7 Å². The van der Waals surface area contributed by atoms with Gasteiger partial charge in [0.05, 0.1) is 5.69 Å². The second-order valence-corrected chi connectivity index (χ2v) is 9.00. The summed E-state index contributed by atoms with van der Waals surface area (Å²) in [4.78, 5) is 47.4. The number of nitrogens with one attached hydrogen (secondary N) is 1. The summed E-state index contributed by atoms with van der Waals surface area (Å²) >= 11 is 3.64. The fourth-order valence-corrected chi connectivity index (χ4v) is 5.39. The largest absolute Gasteiger partial charge is 0.477 e. The number of allylic oxidation sites excluding steroid dienone is 1. The summed E-state index contributed by atoms with van der Waals surface area (Å²) in [6.07, 6.45) is 3.25. The molecule has 2 amide bonds. The number of thiazole rings is 1. The highest BCUT2D eigenvalue weighted by Gasteiger charge is 2.54. The molecule has 4 rings (SSSR count). The summed E-state index contributed by atoms with van der Waals surface area (Å²) in [5.41, 5.74) is 6.62. The van der Waals surface area contributed by atoms with E-state index in [1.165, 1.54) is 35.3 Å². The van der Waals surface area contributed by atoms with Crippen molar-refractivity contribution in [2.45, 2.75) is 11.4 Å². The van der Waals surface area contributed by atoms with Gasteiger partial charge in [0, 0.05) is 16.5 Å². The number of hydrogen-bond acceptors (Lipinski definition) is 12. The van der Waals surface area contributed by atoms with Gasteiger partial charge < -0.3 is 21.0 Å². The summed E-state index contributed by atoms with van der Waals surface area (Å²) in [5.74, 6) is -2.12. The predicted octanol–water partition coefficient (Wildman–Crippen LogP) is 0.379. The number of fused-ring (bicyclic) bond motifs is 1. The molecule has 4 N–H and O–H groups in total. The summed E-state index contributed by atoms with van der Waals surface area (Å²) in [7, 11) is 1.27. The number of carbonyl (C=O) groups is 3. The molecule has 2 aliphatic heterocycles. The maximum Gasteiger partial charge on any atom is 0.352 e. The molecule has 2 aromatic rings. The number of nitrogen functional groups attached to an aromatic ring is 1. The predicted molar refractivity (Wildman–Crippen MR) is 119 cm³/mol. The monoisotopic (exact) mass is 493 g/mol. The average Bonchev–Trinajstić information content (AvgIpc) is 3.45. The molecular weight excluding hydrogens is 478 g/mol. The number of aromatic nitrogens is 3.